The zero-order chi connectivity index (χ0) is 19.8. The second-order valence-electron chi connectivity index (χ2n) is 7.52. The molecule has 1 heterocycles. The van der Waals surface area contributed by atoms with Gasteiger partial charge in [0.1, 0.15) is 0 Å². The quantitative estimate of drug-likeness (QED) is 0.468. The van der Waals surface area contributed by atoms with Crippen LogP contribution in [0.25, 0.3) is 0 Å². The van der Waals surface area contributed by atoms with Crippen molar-refractivity contribution in [2.24, 2.45) is 0 Å². The van der Waals surface area contributed by atoms with Crippen LogP contribution in [0.3, 0.4) is 0 Å². The van der Waals surface area contributed by atoms with Crippen molar-refractivity contribution in [3.8, 4) is 0 Å². The Hall–Kier alpha value is -1.75. The average Bonchev–Trinajstić information content (AvgIpc) is 2.74. The summed E-state index contributed by atoms with van der Waals surface area (Å²) >= 11 is 2.06. The molecule has 2 aromatic carbocycles. The van der Waals surface area contributed by atoms with Gasteiger partial charge in [-0.15, -0.1) is 0 Å². The summed E-state index contributed by atoms with van der Waals surface area (Å²) in [7, 11) is 1.87. The van der Waals surface area contributed by atoms with Gasteiger partial charge in [-0.05, 0) is 24.9 Å². The van der Waals surface area contributed by atoms with E-state index in [1.165, 1.54) is 16.4 Å². The molecule has 1 amide bonds. The number of amides is 1. The van der Waals surface area contributed by atoms with Gasteiger partial charge < -0.3 is 16.4 Å². The summed E-state index contributed by atoms with van der Waals surface area (Å²) in [4.78, 5) is 19.3. The monoisotopic (exact) mass is 492 g/mol. The molecule has 1 fully saturated rings. The molecule has 0 unspecified atom stereocenters. The SMILES string of the molecule is CN(C(=O)CCN1CCN(CCCc2ccccc2)CC1)c1cc[c]([Ge])cc1.O.O.O. The van der Waals surface area contributed by atoms with Gasteiger partial charge in [0.05, 0.1) is 0 Å². The molecular weight excluding hydrogens is 455 g/mol. The molecule has 6 N–H and O–H groups in total. The van der Waals surface area contributed by atoms with E-state index < -0.39 is 0 Å². The van der Waals surface area contributed by atoms with Crippen LogP contribution in [0.5, 0.6) is 0 Å². The van der Waals surface area contributed by atoms with E-state index in [1.807, 2.05) is 19.2 Å². The van der Waals surface area contributed by atoms with Crippen LogP contribution in [-0.4, -0.2) is 95.0 Å². The Bertz CT molecular complexity index is 738. The molecule has 1 saturated heterocycles. The number of benzene rings is 2. The molecule has 31 heavy (non-hydrogen) atoms. The van der Waals surface area contributed by atoms with Gasteiger partial charge in [0.2, 0.25) is 0 Å². The Morgan fingerprint density at radius 2 is 1.42 bits per heavy atom. The normalized spacial score (nSPS) is 14.0. The molecule has 0 saturated carbocycles. The zero-order valence-electron chi connectivity index (χ0n) is 18.3. The van der Waals surface area contributed by atoms with Crippen molar-refractivity contribution in [2.75, 3.05) is 51.2 Å². The number of anilines is 1. The van der Waals surface area contributed by atoms with Gasteiger partial charge in [-0.2, -0.15) is 0 Å². The molecule has 8 heteroatoms. The van der Waals surface area contributed by atoms with Crippen molar-refractivity contribution in [1.29, 1.82) is 0 Å². The Labute approximate surface area is 194 Å². The number of aryl methyl sites for hydroxylation is 1. The fraction of sp³-hybridized carbons (Fsp3) is 0.435. The Kier molecular flexibility index (Phi) is 14.3. The van der Waals surface area contributed by atoms with Gasteiger partial charge >= 0.3 is 122 Å². The van der Waals surface area contributed by atoms with Crippen LogP contribution in [0.1, 0.15) is 18.4 Å². The molecule has 2 aromatic rings. The molecule has 0 spiro atoms. The maximum atomic E-state index is 12.5. The van der Waals surface area contributed by atoms with Gasteiger partial charge in [0.25, 0.3) is 0 Å². The summed E-state index contributed by atoms with van der Waals surface area (Å²) in [6, 6.07) is 18.9. The smallest absolute Gasteiger partial charge is 0.412 e. The number of hydrogen-bond donors (Lipinski definition) is 0. The van der Waals surface area contributed by atoms with Crippen LogP contribution in [0.4, 0.5) is 5.69 Å². The second kappa shape index (κ2) is 15.1. The summed E-state index contributed by atoms with van der Waals surface area (Å²) in [6.07, 6.45) is 2.95. The number of rotatable bonds is 8. The molecular formula is C23H36GeN3O4. The zero-order valence-corrected chi connectivity index (χ0v) is 20.4. The average molecular weight is 491 g/mol. The van der Waals surface area contributed by atoms with Gasteiger partial charge in [0, 0.05) is 0 Å². The van der Waals surface area contributed by atoms with Crippen molar-refractivity contribution in [1.82, 2.24) is 9.80 Å². The van der Waals surface area contributed by atoms with Crippen molar-refractivity contribution in [3.05, 3.63) is 60.2 Å². The summed E-state index contributed by atoms with van der Waals surface area (Å²) in [6.45, 7) is 6.36. The van der Waals surface area contributed by atoms with Crippen molar-refractivity contribution < 1.29 is 21.2 Å². The minimum Gasteiger partial charge on any atom is -0.412 e. The first-order chi connectivity index (χ1) is 13.6. The molecule has 0 atom stereocenters. The van der Waals surface area contributed by atoms with Gasteiger partial charge in [-0.3, -0.25) is 0 Å². The van der Waals surface area contributed by atoms with Crippen molar-refractivity contribution in [3.63, 3.8) is 0 Å². The minimum absolute atomic E-state index is 0. The van der Waals surface area contributed by atoms with Crippen LogP contribution in [0.2, 0.25) is 0 Å². The third kappa shape index (κ3) is 9.51. The number of nitrogens with zero attached hydrogens (tertiary/aromatic N) is 3. The fourth-order valence-corrected chi connectivity index (χ4v) is 3.99. The van der Waals surface area contributed by atoms with E-state index in [-0.39, 0.29) is 22.3 Å². The predicted molar refractivity (Wildman–Crippen MR) is 128 cm³/mol. The van der Waals surface area contributed by atoms with E-state index in [9.17, 15) is 4.79 Å². The van der Waals surface area contributed by atoms with Gasteiger partial charge in [0.15, 0.2) is 0 Å². The standard InChI is InChI=1S/C23H30GeN3O.3H2O/c1-25(22-11-9-21(24)10-12-22)23(28)13-15-27-18-16-26(17-19-27)14-5-8-20-6-3-2-4-7-20;;;/h2-4,6-7,9-12H,5,8,13-19H2,1H3;3*1H2. The number of piperazine rings is 1. The van der Waals surface area contributed by atoms with Crippen LogP contribution in [0.15, 0.2) is 54.6 Å². The fourth-order valence-electron chi connectivity index (χ4n) is 3.64. The molecule has 171 valence electrons. The van der Waals surface area contributed by atoms with E-state index in [0.717, 1.165) is 51.4 Å². The molecule has 0 bridgehead atoms. The number of carbonyl (C=O) groups is 1. The Morgan fingerprint density at radius 3 is 2.00 bits per heavy atom. The molecule has 3 radical (unpaired) electrons. The van der Waals surface area contributed by atoms with E-state index in [4.69, 9.17) is 0 Å². The first-order valence-electron chi connectivity index (χ1n) is 10.2. The molecule has 7 nitrogen and oxygen atoms in total. The van der Waals surface area contributed by atoms with Crippen LogP contribution in [-0.2, 0) is 11.2 Å². The molecule has 3 rings (SSSR count). The number of hydrogen-bond acceptors (Lipinski definition) is 3. The summed E-state index contributed by atoms with van der Waals surface area (Å²) in [5, 5.41) is 0. The summed E-state index contributed by atoms with van der Waals surface area (Å²) < 4.78 is 1.21. The third-order valence-corrected chi connectivity index (χ3v) is 6.22. The van der Waals surface area contributed by atoms with Gasteiger partial charge in [-0.1, -0.05) is 30.3 Å². The first-order valence-corrected chi connectivity index (χ1v) is 11.2. The predicted octanol–water partition coefficient (Wildman–Crippen LogP) is -0.390. The van der Waals surface area contributed by atoms with Crippen LogP contribution in [0, 0.1) is 0 Å². The Balaban J connectivity index is 0.00000300. The molecule has 0 aliphatic carbocycles. The topological polar surface area (TPSA) is 121 Å². The van der Waals surface area contributed by atoms with Crippen LogP contribution < -0.4 is 9.30 Å². The maximum Gasteiger partial charge on any atom is -0.412 e. The second-order valence-corrected chi connectivity index (χ2v) is 8.73. The van der Waals surface area contributed by atoms with E-state index in [0.29, 0.717) is 6.42 Å². The summed E-state index contributed by atoms with van der Waals surface area (Å²) in [5.41, 5.74) is 2.40. The van der Waals surface area contributed by atoms with Crippen LogP contribution >= 0.6 is 0 Å². The molecule has 1 aliphatic heterocycles. The number of carbonyl (C=O) groups excluding carboxylic acids is 1. The minimum atomic E-state index is 0. The molecule has 1 aliphatic rings. The maximum absolute atomic E-state index is 12.5. The van der Waals surface area contributed by atoms with E-state index in [2.05, 4.69) is 68.8 Å². The third-order valence-electron chi connectivity index (χ3n) is 5.52. The largest absolute Gasteiger partial charge is 0.412 e. The van der Waals surface area contributed by atoms with E-state index in [1.54, 1.807) is 4.90 Å². The van der Waals surface area contributed by atoms with Crippen molar-refractivity contribution >= 4 is 32.5 Å². The Morgan fingerprint density at radius 1 is 0.871 bits per heavy atom. The first kappa shape index (κ1) is 29.3. The summed E-state index contributed by atoms with van der Waals surface area (Å²) in [5.74, 6) is 0.189. The van der Waals surface area contributed by atoms with Gasteiger partial charge in [-0.25, -0.2) is 0 Å². The molecule has 0 aromatic heterocycles. The van der Waals surface area contributed by atoms with Crippen molar-refractivity contribution in [2.45, 2.75) is 19.3 Å². The van der Waals surface area contributed by atoms with E-state index >= 15 is 0 Å².